The van der Waals surface area contributed by atoms with Crippen LogP contribution in [0, 0.1) is 25.7 Å². The van der Waals surface area contributed by atoms with E-state index in [1.807, 2.05) is 32.9 Å². The molecule has 3 aliphatic rings. The lowest BCUT2D eigenvalue weighted by Gasteiger charge is -2.16. The third kappa shape index (κ3) is 4.14. The van der Waals surface area contributed by atoms with Gasteiger partial charge in [0.2, 0.25) is 0 Å². The van der Waals surface area contributed by atoms with Crippen LogP contribution in [0.5, 0.6) is 5.95 Å². The average molecular weight is 567 g/mol. The van der Waals surface area contributed by atoms with E-state index in [4.69, 9.17) is 14.4 Å². The molecule has 0 aromatic carbocycles. The second-order valence-electron chi connectivity index (χ2n) is 11.4. The number of fused-ring (bicyclic) bond motifs is 6. The van der Waals surface area contributed by atoms with Gasteiger partial charge in [-0.2, -0.15) is 0 Å². The Hall–Kier alpha value is -4.66. The molecule has 0 unspecified atom stereocenters. The predicted octanol–water partition coefficient (Wildman–Crippen LogP) is 2.73. The van der Waals surface area contributed by atoms with Crippen LogP contribution in [0.1, 0.15) is 72.8 Å². The first-order valence-corrected chi connectivity index (χ1v) is 14.3. The van der Waals surface area contributed by atoms with Crippen molar-refractivity contribution in [3.8, 4) is 5.95 Å². The molecular formula is C33H34N4O5. The summed E-state index contributed by atoms with van der Waals surface area (Å²) in [5, 5.41) is 22.6. The summed E-state index contributed by atoms with van der Waals surface area (Å²) in [5.41, 5.74) is 8.54. The molecule has 0 saturated heterocycles. The van der Waals surface area contributed by atoms with Crippen LogP contribution >= 0.6 is 0 Å². The van der Waals surface area contributed by atoms with Gasteiger partial charge in [0.15, 0.2) is 0 Å². The first-order chi connectivity index (χ1) is 20.0. The number of aromatic nitrogens is 2. The highest BCUT2D eigenvalue weighted by Gasteiger charge is 2.34. The fraction of sp³-hybridized carbons (Fsp3) is 0.333. The van der Waals surface area contributed by atoms with Gasteiger partial charge < -0.3 is 24.6 Å². The van der Waals surface area contributed by atoms with Gasteiger partial charge in [0.05, 0.1) is 22.3 Å². The molecule has 8 bridgehead atoms. The van der Waals surface area contributed by atoms with Gasteiger partial charge in [-0.25, -0.2) is 4.79 Å². The van der Waals surface area contributed by atoms with Crippen LogP contribution < -0.4 is 26.9 Å². The summed E-state index contributed by atoms with van der Waals surface area (Å²) in [7, 11) is 0. The van der Waals surface area contributed by atoms with Crippen molar-refractivity contribution in [1.82, 2.24) is 9.97 Å². The van der Waals surface area contributed by atoms with Crippen molar-refractivity contribution in [3.63, 3.8) is 0 Å². The summed E-state index contributed by atoms with van der Waals surface area (Å²) in [4.78, 5) is 42.1. The molecule has 0 amide bonds. The number of carboxylic acids is 1. The number of hydrogen-bond acceptors (Lipinski definition) is 6. The highest BCUT2D eigenvalue weighted by atomic mass is 16.5. The molecule has 42 heavy (non-hydrogen) atoms. The van der Waals surface area contributed by atoms with Gasteiger partial charge in [0.25, 0.3) is 5.95 Å². The summed E-state index contributed by atoms with van der Waals surface area (Å²) in [6.45, 7) is 14.2. The van der Waals surface area contributed by atoms with Crippen molar-refractivity contribution < 1.29 is 19.4 Å². The van der Waals surface area contributed by atoms with Crippen molar-refractivity contribution in [2.45, 2.75) is 60.3 Å². The molecule has 4 N–H and O–H groups in total. The molecule has 0 radical (unpaired) electrons. The largest absolute Gasteiger partial charge is 0.481 e. The van der Waals surface area contributed by atoms with Gasteiger partial charge in [0, 0.05) is 58.0 Å². The van der Waals surface area contributed by atoms with Gasteiger partial charge in [0.1, 0.15) is 5.22 Å². The minimum atomic E-state index is -0.923. The zero-order valence-electron chi connectivity index (χ0n) is 24.4. The molecule has 6 rings (SSSR count). The van der Waals surface area contributed by atoms with E-state index < -0.39 is 17.5 Å². The second-order valence-corrected chi connectivity index (χ2v) is 11.4. The fourth-order valence-corrected chi connectivity index (χ4v) is 6.69. The SMILES string of the molecule is C=Cc1c(C)c2[nH]c1=Cc1[nH]c(c(CC)c1C)CC1=C(C)c3c(O)oc(=O)c(c3=N1)=C1N=C(C=2)[C@@H](C)[C@@H]1CCC(=O)O. The second kappa shape index (κ2) is 10.0. The van der Waals surface area contributed by atoms with Crippen molar-refractivity contribution >= 4 is 41.2 Å². The number of hydrogen-bond donors (Lipinski definition) is 4. The van der Waals surface area contributed by atoms with Gasteiger partial charge in [-0.15, -0.1) is 0 Å². The van der Waals surface area contributed by atoms with Gasteiger partial charge >= 0.3 is 11.6 Å². The Kier molecular flexibility index (Phi) is 6.55. The maximum absolute atomic E-state index is 13.4. The smallest absolute Gasteiger partial charge is 0.350 e. The zero-order chi connectivity index (χ0) is 30.0. The minimum absolute atomic E-state index is 0.0814. The highest BCUT2D eigenvalue weighted by Crippen LogP contribution is 2.36. The van der Waals surface area contributed by atoms with Crippen LogP contribution in [-0.4, -0.2) is 31.9 Å². The summed E-state index contributed by atoms with van der Waals surface area (Å²) >= 11 is 0. The van der Waals surface area contributed by atoms with Crippen LogP contribution in [0.3, 0.4) is 0 Å². The minimum Gasteiger partial charge on any atom is -0.481 e. The average Bonchev–Trinajstić information content (AvgIpc) is 3.61. The number of nitrogens with one attached hydrogen (secondary N) is 2. The molecule has 6 heterocycles. The third-order valence-electron chi connectivity index (χ3n) is 9.09. The highest BCUT2D eigenvalue weighted by molar-refractivity contribution is 6.15. The molecule has 0 spiro atoms. The van der Waals surface area contributed by atoms with E-state index in [1.165, 1.54) is 5.56 Å². The number of H-pyrrole nitrogens is 2. The van der Waals surface area contributed by atoms with Gasteiger partial charge in [-0.1, -0.05) is 26.5 Å². The zero-order valence-corrected chi connectivity index (χ0v) is 24.4. The maximum atomic E-state index is 13.4. The van der Waals surface area contributed by atoms with Gasteiger partial charge in [-0.05, 0) is 68.0 Å². The number of rotatable bonds is 5. The molecule has 9 heteroatoms. The molecule has 3 aromatic heterocycles. The Morgan fingerprint density at radius 3 is 2.62 bits per heavy atom. The lowest BCUT2D eigenvalue weighted by molar-refractivity contribution is -0.137. The fourth-order valence-electron chi connectivity index (χ4n) is 6.69. The molecule has 0 saturated carbocycles. The van der Waals surface area contributed by atoms with Crippen molar-refractivity contribution in [3.05, 3.63) is 83.2 Å². The van der Waals surface area contributed by atoms with E-state index in [0.717, 1.165) is 56.5 Å². The molecule has 3 aromatic rings. The number of aromatic hydroxyl groups is 1. The third-order valence-corrected chi connectivity index (χ3v) is 9.09. The van der Waals surface area contributed by atoms with Gasteiger partial charge in [-0.3, -0.25) is 14.8 Å². The molecule has 216 valence electrons. The Morgan fingerprint density at radius 1 is 1.17 bits per heavy atom. The number of aromatic amines is 2. The lowest BCUT2D eigenvalue weighted by Crippen LogP contribution is -2.42. The Morgan fingerprint density at radius 2 is 1.93 bits per heavy atom. The summed E-state index contributed by atoms with van der Waals surface area (Å²) in [6.07, 6.45) is 7.39. The predicted molar refractivity (Wildman–Crippen MR) is 162 cm³/mol. The number of carbonyl (C=O) groups is 1. The van der Waals surface area contributed by atoms with E-state index >= 15 is 0 Å². The van der Waals surface area contributed by atoms with Crippen molar-refractivity contribution in [2.75, 3.05) is 0 Å². The lowest BCUT2D eigenvalue weighted by atomic mass is 9.86. The molecule has 2 atom stereocenters. The summed E-state index contributed by atoms with van der Waals surface area (Å²) in [6, 6.07) is 0. The molecule has 0 fully saturated rings. The quantitative estimate of drug-likeness (QED) is 0.376. The number of aliphatic carboxylic acids is 1. The Bertz CT molecular complexity index is 2080. The Labute approximate surface area is 241 Å². The number of nitrogens with zero attached hydrogens (tertiary/aromatic N) is 2. The van der Waals surface area contributed by atoms with Crippen molar-refractivity contribution in [2.24, 2.45) is 21.8 Å². The summed E-state index contributed by atoms with van der Waals surface area (Å²) < 4.78 is 5.37. The Balaban J connectivity index is 1.76. The molecule has 9 nitrogen and oxygen atoms in total. The topological polar surface area (TPSA) is 144 Å². The van der Waals surface area contributed by atoms with E-state index in [9.17, 15) is 19.8 Å². The van der Waals surface area contributed by atoms with E-state index in [2.05, 4.69) is 36.5 Å². The van der Waals surface area contributed by atoms with Crippen LogP contribution in [0.2, 0.25) is 0 Å². The molecular weight excluding hydrogens is 532 g/mol. The maximum Gasteiger partial charge on any atom is 0.350 e. The molecule has 0 aliphatic carbocycles. The van der Waals surface area contributed by atoms with Crippen LogP contribution in [0.4, 0.5) is 0 Å². The number of aliphatic imine (C=N–C) groups is 1. The van der Waals surface area contributed by atoms with Crippen LogP contribution in [0.15, 0.2) is 31.5 Å². The summed E-state index contributed by atoms with van der Waals surface area (Å²) in [5.74, 6) is -1.95. The number of allylic oxidation sites excluding steroid dienone is 2. The van der Waals surface area contributed by atoms with Crippen molar-refractivity contribution in [1.29, 1.82) is 0 Å². The van der Waals surface area contributed by atoms with Crippen LogP contribution in [-0.2, 0) is 17.6 Å². The monoisotopic (exact) mass is 566 g/mol. The normalized spacial score (nSPS) is 18.9. The first-order valence-electron chi connectivity index (χ1n) is 14.3. The molecule has 3 aliphatic heterocycles. The first kappa shape index (κ1) is 27.5. The van der Waals surface area contributed by atoms with E-state index in [1.54, 1.807) is 0 Å². The van der Waals surface area contributed by atoms with E-state index in [0.29, 0.717) is 28.7 Å². The van der Waals surface area contributed by atoms with E-state index in [-0.39, 0.29) is 29.9 Å². The van der Waals surface area contributed by atoms with Crippen LogP contribution in [0.25, 0.3) is 29.5 Å². The standard InChI is InChI=1S/C33H34N4O5/c1-7-18-14(3)21-11-23-16(5)20(9-10-27(38)39)30(36-23)29-31-28(32(40)42-33(29)41)17(6)24(37-31)13-26-19(8-2)15(4)22(35-26)12-25(18)34-21/h7,11-12,16,20,34-35,40H,1,8-10,13H2,2-6H3,(H,38,39)/t16-,20-/m0/s1. The number of carboxylic acid groups (broad SMARTS) is 1.